The molecule has 1 unspecified atom stereocenters. The zero-order valence-electron chi connectivity index (χ0n) is 36.8. The molecule has 0 fully saturated rings. The standard InChI is InChI=1S/C50H47F6N5O6/c1-5-24-60(45-9-7-8-40(58-45)36-12-16-38(17-13-36)49(51,52)53)30-33-10-20-42(32(3)27-33)67-46(62)29-44(47(63)64)66-43-21-11-34(28-35(43)6-2)31-61(25-26-65-4)48-57-23-22-41(59-48)37-14-18-39(19-15-37)50(54,55)56/h5,7-23,27-28,44H,1,6,24-26,29-31H2,2-4H3,(H,63,64). The zero-order chi connectivity index (χ0) is 48.3. The van der Waals surface area contributed by atoms with E-state index >= 15 is 0 Å². The monoisotopic (exact) mass is 927 g/mol. The number of aryl methyl sites for hydroxylation is 2. The summed E-state index contributed by atoms with van der Waals surface area (Å²) in [6.07, 6.45) is -7.44. The Hall–Kier alpha value is -7.27. The molecule has 350 valence electrons. The zero-order valence-corrected chi connectivity index (χ0v) is 36.8. The Balaban J connectivity index is 1.10. The third kappa shape index (κ3) is 13.2. The van der Waals surface area contributed by atoms with Crippen LogP contribution in [-0.4, -0.2) is 64.9 Å². The van der Waals surface area contributed by atoms with Gasteiger partial charge in [0.25, 0.3) is 0 Å². The summed E-state index contributed by atoms with van der Waals surface area (Å²) in [6, 6.07) is 26.7. The molecule has 0 aliphatic heterocycles. The van der Waals surface area contributed by atoms with Gasteiger partial charge in [0.05, 0.1) is 35.5 Å². The molecule has 2 aromatic heterocycles. The molecule has 0 aliphatic carbocycles. The number of anilines is 2. The van der Waals surface area contributed by atoms with Crippen LogP contribution < -0.4 is 19.3 Å². The van der Waals surface area contributed by atoms with Gasteiger partial charge in [-0.2, -0.15) is 26.3 Å². The number of esters is 1. The lowest BCUT2D eigenvalue weighted by molar-refractivity contribution is -0.150. The Morgan fingerprint density at radius 1 is 0.776 bits per heavy atom. The normalized spacial score (nSPS) is 12.0. The number of benzene rings is 4. The second-order valence-electron chi connectivity index (χ2n) is 15.4. The van der Waals surface area contributed by atoms with Gasteiger partial charge in [0.1, 0.15) is 17.3 Å². The lowest BCUT2D eigenvalue weighted by atomic mass is 10.1. The SMILES string of the molecule is C=CCN(Cc1ccc(OC(=O)CC(Oc2ccc(CN(CCOC)c3nccc(-c4ccc(C(F)(F)F)cc4)n3)cc2CC)C(=O)O)c(C)c1)c1cccc(-c2ccc(C(F)(F)F)cc2)n1. The number of hydrogen-bond donors (Lipinski definition) is 1. The predicted molar refractivity (Wildman–Crippen MR) is 241 cm³/mol. The summed E-state index contributed by atoms with van der Waals surface area (Å²) < 4.78 is 95.7. The Kier molecular flexibility index (Phi) is 16.0. The third-order valence-electron chi connectivity index (χ3n) is 10.5. The molecular formula is C50H47F6N5O6. The number of carbonyl (C=O) groups excluding carboxylic acids is 1. The Labute approximate surface area is 383 Å². The summed E-state index contributed by atoms with van der Waals surface area (Å²) in [5.41, 5.74) is 3.28. The summed E-state index contributed by atoms with van der Waals surface area (Å²) in [6.45, 7) is 9.19. The molecule has 4 aromatic carbocycles. The fourth-order valence-corrected chi connectivity index (χ4v) is 7.06. The van der Waals surface area contributed by atoms with Crippen LogP contribution in [0.25, 0.3) is 22.5 Å². The van der Waals surface area contributed by atoms with Gasteiger partial charge < -0.3 is 29.1 Å². The number of carboxylic acids is 1. The maximum Gasteiger partial charge on any atom is 0.416 e. The first kappa shape index (κ1) is 49.2. The van der Waals surface area contributed by atoms with Gasteiger partial charge in [-0.25, -0.2) is 19.7 Å². The highest BCUT2D eigenvalue weighted by Gasteiger charge is 2.31. The molecule has 1 atom stereocenters. The quantitative estimate of drug-likeness (QED) is 0.0340. The van der Waals surface area contributed by atoms with E-state index in [9.17, 15) is 41.0 Å². The molecule has 67 heavy (non-hydrogen) atoms. The van der Waals surface area contributed by atoms with Crippen molar-refractivity contribution in [3.05, 3.63) is 161 Å². The molecular weight excluding hydrogens is 881 g/mol. The number of pyridine rings is 1. The van der Waals surface area contributed by atoms with Crippen LogP contribution in [0, 0.1) is 6.92 Å². The summed E-state index contributed by atoms with van der Waals surface area (Å²) in [5.74, 6) is -0.836. The number of nitrogens with zero attached hydrogens (tertiary/aromatic N) is 5. The Morgan fingerprint density at radius 2 is 1.37 bits per heavy atom. The van der Waals surface area contributed by atoms with Crippen molar-refractivity contribution in [2.24, 2.45) is 0 Å². The molecule has 6 rings (SSSR count). The van der Waals surface area contributed by atoms with Crippen molar-refractivity contribution >= 4 is 23.7 Å². The number of aromatic nitrogens is 3. The molecule has 0 spiro atoms. The topological polar surface area (TPSA) is 127 Å². The highest BCUT2D eigenvalue weighted by molar-refractivity contribution is 5.82. The number of alkyl halides is 6. The van der Waals surface area contributed by atoms with Crippen LogP contribution in [0.3, 0.4) is 0 Å². The van der Waals surface area contributed by atoms with Crippen molar-refractivity contribution in [3.8, 4) is 34.0 Å². The van der Waals surface area contributed by atoms with E-state index < -0.39 is 47.9 Å². The molecule has 0 radical (unpaired) electrons. The van der Waals surface area contributed by atoms with Gasteiger partial charge in [0.15, 0.2) is 0 Å². The van der Waals surface area contributed by atoms with Gasteiger partial charge in [-0.3, -0.25) is 4.79 Å². The Bertz CT molecular complexity index is 2660. The second kappa shape index (κ2) is 21.8. The van der Waals surface area contributed by atoms with E-state index in [0.29, 0.717) is 84.6 Å². The van der Waals surface area contributed by atoms with Gasteiger partial charge in [0, 0.05) is 50.6 Å². The van der Waals surface area contributed by atoms with Crippen LogP contribution in [0.15, 0.2) is 128 Å². The summed E-state index contributed by atoms with van der Waals surface area (Å²) in [5, 5.41) is 10.1. The number of halogens is 6. The van der Waals surface area contributed by atoms with Crippen molar-refractivity contribution in [1.82, 2.24) is 15.0 Å². The fraction of sp³-hybridized carbons (Fsp3) is 0.260. The lowest BCUT2D eigenvalue weighted by Gasteiger charge is -2.24. The third-order valence-corrected chi connectivity index (χ3v) is 10.5. The van der Waals surface area contributed by atoms with E-state index in [1.54, 1.807) is 68.6 Å². The number of hydrogen-bond acceptors (Lipinski definition) is 10. The average molecular weight is 928 g/mol. The number of carboxylic acid groups (broad SMARTS) is 1. The van der Waals surface area contributed by atoms with Crippen molar-refractivity contribution in [2.45, 2.75) is 58.2 Å². The summed E-state index contributed by atoms with van der Waals surface area (Å²) >= 11 is 0. The maximum absolute atomic E-state index is 13.2. The lowest BCUT2D eigenvalue weighted by Crippen LogP contribution is -2.32. The van der Waals surface area contributed by atoms with Gasteiger partial charge in [-0.05, 0) is 90.2 Å². The number of rotatable bonds is 20. The molecule has 11 nitrogen and oxygen atoms in total. The molecule has 1 N–H and O–H groups in total. The number of ether oxygens (including phenoxy) is 3. The fourth-order valence-electron chi connectivity index (χ4n) is 7.06. The van der Waals surface area contributed by atoms with Gasteiger partial charge in [0.2, 0.25) is 12.1 Å². The van der Waals surface area contributed by atoms with Crippen molar-refractivity contribution in [3.63, 3.8) is 0 Å². The summed E-state index contributed by atoms with van der Waals surface area (Å²) in [4.78, 5) is 43.2. The Morgan fingerprint density at radius 3 is 1.94 bits per heavy atom. The van der Waals surface area contributed by atoms with Crippen LogP contribution in [0.5, 0.6) is 11.5 Å². The predicted octanol–water partition coefficient (Wildman–Crippen LogP) is 10.8. The van der Waals surface area contributed by atoms with Crippen LogP contribution in [0.1, 0.15) is 46.7 Å². The van der Waals surface area contributed by atoms with Crippen molar-refractivity contribution in [1.29, 1.82) is 0 Å². The second-order valence-corrected chi connectivity index (χ2v) is 15.4. The van der Waals surface area contributed by atoms with E-state index in [4.69, 9.17) is 19.2 Å². The number of aliphatic carboxylic acids is 1. The first-order valence-electron chi connectivity index (χ1n) is 21.0. The molecule has 0 saturated carbocycles. The largest absolute Gasteiger partial charge is 0.478 e. The van der Waals surface area contributed by atoms with E-state index in [1.807, 2.05) is 28.9 Å². The smallest absolute Gasteiger partial charge is 0.416 e. The van der Waals surface area contributed by atoms with E-state index in [-0.39, 0.29) is 11.5 Å². The highest BCUT2D eigenvalue weighted by atomic mass is 19.4. The molecule has 6 aromatic rings. The minimum absolute atomic E-state index is 0.223. The van der Waals surface area contributed by atoms with E-state index in [2.05, 4.69) is 16.5 Å². The summed E-state index contributed by atoms with van der Waals surface area (Å²) in [7, 11) is 1.55. The molecule has 0 amide bonds. The molecule has 0 bridgehead atoms. The van der Waals surface area contributed by atoms with Crippen molar-refractivity contribution < 1.29 is 55.2 Å². The molecule has 0 saturated heterocycles. The van der Waals surface area contributed by atoms with Gasteiger partial charge in [-0.15, -0.1) is 6.58 Å². The molecule has 0 aliphatic rings. The average Bonchev–Trinajstić information content (AvgIpc) is 3.30. The van der Waals surface area contributed by atoms with Crippen LogP contribution in [0.4, 0.5) is 38.1 Å². The van der Waals surface area contributed by atoms with Gasteiger partial charge in [-0.1, -0.05) is 67.6 Å². The molecule has 17 heteroatoms. The van der Waals surface area contributed by atoms with Crippen molar-refractivity contribution in [2.75, 3.05) is 36.6 Å². The maximum atomic E-state index is 13.2. The van der Waals surface area contributed by atoms with Crippen LogP contribution in [-0.2, 0) is 46.2 Å². The van der Waals surface area contributed by atoms with Crippen LogP contribution >= 0.6 is 0 Å². The highest BCUT2D eigenvalue weighted by Crippen LogP contribution is 2.33. The van der Waals surface area contributed by atoms with E-state index in [0.717, 1.165) is 35.4 Å². The minimum atomic E-state index is -4.47. The number of methoxy groups -OCH3 is 1. The first-order chi connectivity index (χ1) is 31.9. The first-order valence-corrected chi connectivity index (χ1v) is 21.0. The van der Waals surface area contributed by atoms with Crippen LogP contribution in [0.2, 0.25) is 0 Å². The number of carbonyl (C=O) groups is 2. The minimum Gasteiger partial charge on any atom is -0.478 e. The van der Waals surface area contributed by atoms with E-state index in [1.165, 1.54) is 30.5 Å². The molecule has 2 heterocycles. The van der Waals surface area contributed by atoms with Gasteiger partial charge >= 0.3 is 24.3 Å².